The number of carbonyl (C=O) groups is 1. The third-order valence-corrected chi connectivity index (χ3v) is 1.98. The lowest BCUT2D eigenvalue weighted by atomic mass is 10.1. The maximum absolute atomic E-state index is 12.5. The van der Waals surface area contributed by atoms with Crippen LogP contribution >= 0.6 is 11.6 Å². The molecular weight excluding hydrogens is 230 g/mol. The molecular formula is C8H7ClF2N2O2. The van der Waals surface area contributed by atoms with Gasteiger partial charge in [-0.1, -0.05) is 11.6 Å². The molecule has 7 heteroatoms. The first-order chi connectivity index (χ1) is 6.99. The first-order valence-electron chi connectivity index (χ1n) is 3.79. The lowest BCUT2D eigenvalue weighted by Crippen LogP contribution is -2.15. The van der Waals surface area contributed by atoms with Gasteiger partial charge in [-0.05, 0) is 0 Å². The fourth-order valence-electron chi connectivity index (χ4n) is 1.08. The number of aromatic nitrogens is 1. The SMILES string of the molecule is COc1c(C(F)F)cnc(Cl)c1C(N)=O. The molecule has 0 spiro atoms. The van der Waals surface area contributed by atoms with Crippen LogP contribution in [0.2, 0.25) is 5.15 Å². The number of pyridine rings is 1. The van der Waals surface area contributed by atoms with E-state index in [9.17, 15) is 13.6 Å². The molecule has 0 radical (unpaired) electrons. The summed E-state index contributed by atoms with van der Waals surface area (Å²) in [6.07, 6.45) is -1.97. The topological polar surface area (TPSA) is 65.2 Å². The van der Waals surface area contributed by atoms with E-state index in [1.54, 1.807) is 0 Å². The Balaban J connectivity index is 3.47. The van der Waals surface area contributed by atoms with Crippen molar-refractivity contribution >= 4 is 17.5 Å². The van der Waals surface area contributed by atoms with Crippen LogP contribution in [-0.4, -0.2) is 18.0 Å². The predicted octanol–water partition coefficient (Wildman–Crippen LogP) is 1.78. The molecule has 0 aliphatic carbocycles. The molecule has 1 amide bonds. The molecule has 0 aromatic carbocycles. The second-order valence-corrected chi connectivity index (χ2v) is 2.94. The third kappa shape index (κ3) is 2.15. The van der Waals surface area contributed by atoms with Crippen molar-refractivity contribution in [2.45, 2.75) is 6.43 Å². The van der Waals surface area contributed by atoms with E-state index in [0.717, 1.165) is 13.3 Å². The number of halogens is 3. The molecule has 0 aliphatic rings. The van der Waals surface area contributed by atoms with Crippen molar-refractivity contribution in [3.63, 3.8) is 0 Å². The minimum absolute atomic E-state index is 0.260. The molecule has 1 aromatic heterocycles. The number of rotatable bonds is 3. The van der Waals surface area contributed by atoms with Gasteiger partial charge in [0.25, 0.3) is 12.3 Å². The van der Waals surface area contributed by atoms with Gasteiger partial charge in [0, 0.05) is 6.20 Å². The Morgan fingerprint density at radius 2 is 2.27 bits per heavy atom. The molecule has 0 bridgehead atoms. The van der Waals surface area contributed by atoms with Crippen LogP contribution in [-0.2, 0) is 0 Å². The van der Waals surface area contributed by atoms with Crippen LogP contribution in [0.3, 0.4) is 0 Å². The van der Waals surface area contributed by atoms with E-state index >= 15 is 0 Å². The number of alkyl halides is 2. The standard InChI is InChI=1S/C8H7ClF2N2O2/c1-15-5-3(7(10)11)2-13-6(9)4(5)8(12)14/h2,7H,1H3,(H2,12,14). The van der Waals surface area contributed by atoms with Crippen molar-refractivity contribution in [2.24, 2.45) is 5.73 Å². The van der Waals surface area contributed by atoms with Gasteiger partial charge in [-0.15, -0.1) is 0 Å². The van der Waals surface area contributed by atoms with Crippen molar-refractivity contribution < 1.29 is 18.3 Å². The Labute approximate surface area is 89.0 Å². The van der Waals surface area contributed by atoms with Gasteiger partial charge in [0.15, 0.2) is 0 Å². The maximum Gasteiger partial charge on any atom is 0.268 e. The van der Waals surface area contributed by atoms with Crippen molar-refractivity contribution in [3.8, 4) is 5.75 Å². The lowest BCUT2D eigenvalue weighted by molar-refractivity contribution is 0.0995. The minimum Gasteiger partial charge on any atom is -0.495 e. The highest BCUT2D eigenvalue weighted by Crippen LogP contribution is 2.34. The molecule has 0 unspecified atom stereocenters. The van der Waals surface area contributed by atoms with Gasteiger partial charge in [0.1, 0.15) is 16.5 Å². The van der Waals surface area contributed by atoms with Gasteiger partial charge in [0.2, 0.25) is 0 Å². The highest BCUT2D eigenvalue weighted by Gasteiger charge is 2.23. The molecule has 1 aromatic rings. The van der Waals surface area contributed by atoms with Crippen LogP contribution in [0.4, 0.5) is 8.78 Å². The first-order valence-corrected chi connectivity index (χ1v) is 4.17. The van der Waals surface area contributed by atoms with E-state index in [-0.39, 0.29) is 16.5 Å². The van der Waals surface area contributed by atoms with Crippen LogP contribution in [0.15, 0.2) is 6.20 Å². The zero-order chi connectivity index (χ0) is 11.6. The zero-order valence-corrected chi connectivity index (χ0v) is 8.39. The number of amides is 1. The fraction of sp³-hybridized carbons (Fsp3) is 0.250. The molecule has 0 atom stereocenters. The van der Waals surface area contributed by atoms with E-state index in [2.05, 4.69) is 9.72 Å². The van der Waals surface area contributed by atoms with E-state index in [4.69, 9.17) is 17.3 Å². The first kappa shape index (κ1) is 11.6. The Morgan fingerprint density at radius 1 is 1.67 bits per heavy atom. The van der Waals surface area contributed by atoms with Gasteiger partial charge < -0.3 is 10.5 Å². The fourth-order valence-corrected chi connectivity index (χ4v) is 1.30. The number of nitrogens with zero attached hydrogens (tertiary/aromatic N) is 1. The number of nitrogens with two attached hydrogens (primary N) is 1. The Hall–Kier alpha value is -1.43. The summed E-state index contributed by atoms with van der Waals surface area (Å²) in [5, 5.41) is -0.260. The summed E-state index contributed by atoms with van der Waals surface area (Å²) in [5.41, 5.74) is 4.12. The number of carbonyl (C=O) groups excluding carboxylic acids is 1. The Kier molecular flexibility index (Phi) is 3.41. The predicted molar refractivity (Wildman–Crippen MR) is 49.3 cm³/mol. The Bertz CT molecular complexity index is 398. The van der Waals surface area contributed by atoms with Crippen LogP contribution in [0.1, 0.15) is 22.3 Å². The molecule has 0 saturated heterocycles. The minimum atomic E-state index is -2.82. The summed E-state index contributed by atoms with van der Waals surface area (Å²) in [5.74, 6) is -1.30. The van der Waals surface area contributed by atoms with Crippen molar-refractivity contribution in [3.05, 3.63) is 22.5 Å². The summed E-state index contributed by atoms with van der Waals surface area (Å²) in [6.45, 7) is 0. The van der Waals surface area contributed by atoms with Crippen molar-refractivity contribution in [1.82, 2.24) is 4.98 Å². The van der Waals surface area contributed by atoms with Gasteiger partial charge in [-0.3, -0.25) is 4.79 Å². The van der Waals surface area contributed by atoms with Gasteiger partial charge in [-0.25, -0.2) is 13.8 Å². The normalized spacial score (nSPS) is 10.5. The van der Waals surface area contributed by atoms with E-state index in [0.29, 0.717) is 0 Å². The van der Waals surface area contributed by atoms with Crippen LogP contribution in [0, 0.1) is 0 Å². The number of hydrogen-bond donors (Lipinski definition) is 1. The molecule has 82 valence electrons. The zero-order valence-electron chi connectivity index (χ0n) is 7.63. The monoisotopic (exact) mass is 236 g/mol. The number of methoxy groups -OCH3 is 1. The summed E-state index contributed by atoms with van der Waals surface area (Å²) in [6, 6.07) is 0. The molecule has 1 rings (SSSR count). The maximum atomic E-state index is 12.5. The summed E-state index contributed by atoms with van der Waals surface area (Å²) in [7, 11) is 1.14. The summed E-state index contributed by atoms with van der Waals surface area (Å²) >= 11 is 5.54. The van der Waals surface area contributed by atoms with Crippen LogP contribution in [0.25, 0.3) is 0 Å². The van der Waals surface area contributed by atoms with Gasteiger partial charge in [0.05, 0.1) is 12.7 Å². The smallest absolute Gasteiger partial charge is 0.268 e. The average Bonchev–Trinajstić information content (AvgIpc) is 2.15. The molecule has 0 aliphatic heterocycles. The third-order valence-electron chi connectivity index (χ3n) is 1.70. The van der Waals surface area contributed by atoms with Crippen molar-refractivity contribution in [1.29, 1.82) is 0 Å². The average molecular weight is 237 g/mol. The van der Waals surface area contributed by atoms with Crippen molar-refractivity contribution in [2.75, 3.05) is 7.11 Å². The van der Waals surface area contributed by atoms with E-state index in [1.807, 2.05) is 0 Å². The molecule has 4 nitrogen and oxygen atoms in total. The highest BCUT2D eigenvalue weighted by molar-refractivity contribution is 6.33. The quantitative estimate of drug-likeness (QED) is 0.814. The van der Waals surface area contributed by atoms with Crippen LogP contribution in [0.5, 0.6) is 5.75 Å². The molecule has 2 N–H and O–H groups in total. The largest absolute Gasteiger partial charge is 0.495 e. The number of hydrogen-bond acceptors (Lipinski definition) is 3. The van der Waals surface area contributed by atoms with Crippen LogP contribution < -0.4 is 10.5 Å². The summed E-state index contributed by atoms with van der Waals surface area (Å²) in [4.78, 5) is 14.4. The van der Waals surface area contributed by atoms with Gasteiger partial charge in [-0.2, -0.15) is 0 Å². The van der Waals surface area contributed by atoms with E-state index < -0.39 is 17.9 Å². The van der Waals surface area contributed by atoms with Gasteiger partial charge >= 0.3 is 0 Å². The number of ether oxygens (including phenoxy) is 1. The second-order valence-electron chi connectivity index (χ2n) is 2.58. The second kappa shape index (κ2) is 4.39. The highest BCUT2D eigenvalue weighted by atomic mass is 35.5. The lowest BCUT2D eigenvalue weighted by Gasteiger charge is -2.11. The molecule has 1 heterocycles. The Morgan fingerprint density at radius 3 is 2.67 bits per heavy atom. The number of primary amides is 1. The summed E-state index contributed by atoms with van der Waals surface area (Å²) < 4.78 is 29.6. The molecule has 0 fully saturated rings. The molecule has 0 saturated carbocycles. The van der Waals surface area contributed by atoms with E-state index in [1.165, 1.54) is 0 Å². The molecule has 15 heavy (non-hydrogen) atoms.